The minimum absolute atomic E-state index is 0. The van der Waals surface area contributed by atoms with Gasteiger partial charge in [-0.3, -0.25) is 14.7 Å². The van der Waals surface area contributed by atoms with E-state index in [1.165, 1.54) is 0 Å². The number of aromatic amines is 1. The molecule has 2 heterocycles. The third kappa shape index (κ3) is 2.73. The molecule has 0 aliphatic heterocycles. The first-order valence-electron chi connectivity index (χ1n) is 8.65. The SMILES string of the molecule is Cc1[nH]nc2c3c(n(CCCN)c(=O)c12)=CC1CCCC(=O)C1C=3.Cl. The summed E-state index contributed by atoms with van der Waals surface area (Å²) < 4.78 is 1.82. The Balaban J connectivity index is 0.00000182. The number of halogens is 1. The predicted octanol–water partition coefficient (Wildman–Crippen LogP) is 0.364. The second-order valence-electron chi connectivity index (χ2n) is 6.85. The van der Waals surface area contributed by atoms with Gasteiger partial charge in [0.05, 0.1) is 5.39 Å². The smallest absolute Gasteiger partial charge is 0.262 e. The number of nitrogens with one attached hydrogen (secondary N) is 1. The summed E-state index contributed by atoms with van der Waals surface area (Å²) in [4.78, 5) is 25.3. The summed E-state index contributed by atoms with van der Waals surface area (Å²) in [5.41, 5.74) is 7.09. The van der Waals surface area contributed by atoms with Crippen molar-refractivity contribution in [3.05, 3.63) is 26.6 Å². The molecule has 4 rings (SSSR count). The zero-order chi connectivity index (χ0) is 16.8. The zero-order valence-electron chi connectivity index (χ0n) is 14.2. The summed E-state index contributed by atoms with van der Waals surface area (Å²) in [6.45, 7) is 2.99. The minimum atomic E-state index is -0.0769. The van der Waals surface area contributed by atoms with Crippen molar-refractivity contribution in [2.45, 2.75) is 39.2 Å². The molecule has 0 bridgehead atoms. The van der Waals surface area contributed by atoms with E-state index in [1.807, 2.05) is 17.6 Å². The van der Waals surface area contributed by atoms with Crippen LogP contribution in [-0.2, 0) is 11.3 Å². The van der Waals surface area contributed by atoms with E-state index in [-0.39, 0.29) is 29.8 Å². The first-order chi connectivity index (χ1) is 11.6. The van der Waals surface area contributed by atoms with Crippen LogP contribution in [0.5, 0.6) is 0 Å². The van der Waals surface area contributed by atoms with Crippen molar-refractivity contribution in [3.63, 3.8) is 0 Å². The van der Waals surface area contributed by atoms with Gasteiger partial charge >= 0.3 is 0 Å². The number of fused-ring (bicyclic) bond motifs is 4. The Labute approximate surface area is 151 Å². The summed E-state index contributed by atoms with van der Waals surface area (Å²) in [6, 6.07) is 0. The maximum atomic E-state index is 13.0. The van der Waals surface area contributed by atoms with E-state index in [9.17, 15) is 9.59 Å². The number of rotatable bonds is 3. The zero-order valence-corrected chi connectivity index (χ0v) is 15.1. The van der Waals surface area contributed by atoms with Crippen molar-refractivity contribution in [1.82, 2.24) is 14.8 Å². The summed E-state index contributed by atoms with van der Waals surface area (Å²) >= 11 is 0. The lowest BCUT2D eigenvalue weighted by molar-refractivity contribution is -0.123. The van der Waals surface area contributed by atoms with Gasteiger partial charge in [-0.15, -0.1) is 12.4 Å². The molecule has 0 aromatic carbocycles. The lowest BCUT2D eigenvalue weighted by atomic mass is 9.76. The van der Waals surface area contributed by atoms with Crippen LogP contribution in [0, 0.1) is 18.8 Å². The van der Waals surface area contributed by atoms with Crippen LogP contribution in [0.4, 0.5) is 0 Å². The highest BCUT2D eigenvalue weighted by Gasteiger charge is 2.31. The third-order valence-corrected chi connectivity index (χ3v) is 5.33. The van der Waals surface area contributed by atoms with Crippen molar-refractivity contribution in [2.24, 2.45) is 17.6 Å². The number of aromatic nitrogens is 3. The number of hydrogen-bond acceptors (Lipinski definition) is 4. The molecule has 6 nitrogen and oxygen atoms in total. The molecule has 7 heteroatoms. The summed E-state index contributed by atoms with van der Waals surface area (Å²) in [7, 11) is 0. The lowest BCUT2D eigenvalue weighted by Gasteiger charge is -2.28. The van der Waals surface area contributed by atoms with Crippen molar-refractivity contribution >= 4 is 41.2 Å². The van der Waals surface area contributed by atoms with Gasteiger partial charge in [-0.25, -0.2) is 0 Å². The number of carbonyl (C=O) groups excluding carboxylic acids is 1. The van der Waals surface area contributed by atoms with E-state index in [2.05, 4.69) is 16.3 Å². The van der Waals surface area contributed by atoms with Crippen LogP contribution in [0.15, 0.2) is 4.79 Å². The normalized spacial score (nSPS) is 21.8. The molecule has 2 unspecified atom stereocenters. The molecule has 3 N–H and O–H groups in total. The Hall–Kier alpha value is -1.92. The van der Waals surface area contributed by atoms with Gasteiger partial charge in [0.15, 0.2) is 0 Å². The molecule has 0 amide bonds. The number of hydrogen-bond donors (Lipinski definition) is 2. The van der Waals surface area contributed by atoms with Gasteiger partial charge in [-0.2, -0.15) is 5.10 Å². The molecule has 0 spiro atoms. The van der Waals surface area contributed by atoms with E-state index in [0.29, 0.717) is 36.2 Å². The van der Waals surface area contributed by atoms with Crippen molar-refractivity contribution < 1.29 is 4.79 Å². The fourth-order valence-electron chi connectivity index (χ4n) is 4.10. The first kappa shape index (κ1) is 17.9. The highest BCUT2D eigenvalue weighted by atomic mass is 35.5. The van der Waals surface area contributed by atoms with Crippen LogP contribution in [0.1, 0.15) is 31.4 Å². The van der Waals surface area contributed by atoms with Gasteiger partial charge in [0.2, 0.25) is 0 Å². The van der Waals surface area contributed by atoms with Gasteiger partial charge in [-0.1, -0.05) is 12.2 Å². The number of aryl methyl sites for hydroxylation is 1. The topological polar surface area (TPSA) is 93.8 Å². The molecule has 25 heavy (non-hydrogen) atoms. The number of nitrogens with two attached hydrogens (primary N) is 1. The van der Waals surface area contributed by atoms with Crippen molar-refractivity contribution in [3.8, 4) is 0 Å². The largest absolute Gasteiger partial charge is 0.330 e. The Morgan fingerprint density at radius 1 is 1.36 bits per heavy atom. The van der Waals surface area contributed by atoms with Gasteiger partial charge in [0.1, 0.15) is 11.3 Å². The molecule has 2 aliphatic rings. The van der Waals surface area contributed by atoms with Crippen molar-refractivity contribution in [1.29, 1.82) is 0 Å². The van der Waals surface area contributed by atoms with Crippen LogP contribution >= 0.6 is 12.4 Å². The van der Waals surface area contributed by atoms with E-state index in [4.69, 9.17) is 5.73 Å². The van der Waals surface area contributed by atoms with E-state index in [0.717, 1.165) is 35.5 Å². The second-order valence-corrected chi connectivity index (χ2v) is 6.85. The molecule has 0 radical (unpaired) electrons. The van der Waals surface area contributed by atoms with Crippen LogP contribution in [0.2, 0.25) is 0 Å². The Morgan fingerprint density at radius 3 is 2.92 bits per heavy atom. The Bertz CT molecular complexity index is 1000. The molecule has 2 aromatic heterocycles. The van der Waals surface area contributed by atoms with Crippen molar-refractivity contribution in [2.75, 3.05) is 6.54 Å². The van der Waals surface area contributed by atoms with E-state index >= 15 is 0 Å². The molecule has 2 aromatic rings. The van der Waals surface area contributed by atoms with Gasteiger partial charge < -0.3 is 10.3 Å². The number of Topliss-reactive ketones (excluding diaryl/α,β-unsaturated/α-hetero) is 1. The number of pyridine rings is 1. The summed E-state index contributed by atoms with van der Waals surface area (Å²) in [5.74, 6) is 0.417. The third-order valence-electron chi connectivity index (χ3n) is 5.33. The fourth-order valence-corrected chi connectivity index (χ4v) is 4.10. The van der Waals surface area contributed by atoms with Gasteiger partial charge in [-0.05, 0) is 38.6 Å². The minimum Gasteiger partial charge on any atom is -0.330 e. The number of nitrogens with zero attached hydrogens (tertiary/aromatic N) is 2. The fraction of sp³-hybridized carbons (Fsp3) is 0.500. The quantitative estimate of drug-likeness (QED) is 0.824. The molecule has 0 saturated heterocycles. The Kier molecular flexibility index (Phi) is 4.84. The average molecular weight is 363 g/mol. The van der Waals surface area contributed by atoms with Gasteiger partial charge in [0, 0.05) is 35.1 Å². The summed E-state index contributed by atoms with van der Waals surface area (Å²) in [5, 5.41) is 9.73. The molecule has 1 saturated carbocycles. The predicted molar refractivity (Wildman–Crippen MR) is 100 cm³/mol. The van der Waals surface area contributed by atoms with Crippen LogP contribution in [-0.4, -0.2) is 27.1 Å². The summed E-state index contributed by atoms with van der Waals surface area (Å²) in [6.07, 6.45) is 7.48. The first-order valence-corrected chi connectivity index (χ1v) is 8.65. The number of H-pyrrole nitrogens is 1. The molecule has 1 fully saturated rings. The average Bonchev–Trinajstić information content (AvgIpc) is 2.96. The van der Waals surface area contributed by atoms with Crippen LogP contribution in [0.3, 0.4) is 0 Å². The standard InChI is InChI=1S/C18H22N4O2.ClH/c1-10-16-17(21-20-10)13-9-12-11(4-2-5-15(12)23)8-14(13)22(18(16)24)7-3-6-19;/h8-9,11-12H,2-7,19H2,1H3,(H,20,21);1H. The number of carbonyl (C=O) groups is 1. The maximum Gasteiger partial charge on any atom is 0.262 e. The monoisotopic (exact) mass is 362 g/mol. The maximum absolute atomic E-state index is 13.0. The number of ketones is 1. The lowest BCUT2D eigenvalue weighted by Crippen LogP contribution is -2.48. The molecule has 134 valence electrons. The van der Waals surface area contributed by atoms with Gasteiger partial charge in [0.25, 0.3) is 5.56 Å². The Morgan fingerprint density at radius 2 is 2.16 bits per heavy atom. The second kappa shape index (κ2) is 6.77. The highest BCUT2D eigenvalue weighted by Crippen LogP contribution is 2.30. The van der Waals surface area contributed by atoms with E-state index in [1.54, 1.807) is 0 Å². The molecule has 2 aliphatic carbocycles. The molecular formula is C18H23ClN4O2. The highest BCUT2D eigenvalue weighted by molar-refractivity contribution is 5.91. The van der Waals surface area contributed by atoms with Crippen LogP contribution in [0.25, 0.3) is 23.1 Å². The molecule has 2 atom stereocenters. The van der Waals surface area contributed by atoms with Crippen LogP contribution < -0.4 is 21.9 Å². The molecular weight excluding hydrogens is 340 g/mol. The van der Waals surface area contributed by atoms with E-state index < -0.39 is 0 Å².